The van der Waals surface area contributed by atoms with E-state index in [1.54, 1.807) is 41.7 Å². The topological polar surface area (TPSA) is 99.2 Å². The fourth-order valence-electron chi connectivity index (χ4n) is 4.70. The second-order valence-electron chi connectivity index (χ2n) is 8.69. The fourth-order valence-corrected chi connectivity index (χ4v) is 4.70. The number of oxazole rings is 1. The Bertz CT molecular complexity index is 1620. The first-order valence-electron chi connectivity index (χ1n) is 11.8. The van der Waals surface area contributed by atoms with Crippen LogP contribution in [-0.4, -0.2) is 55.7 Å². The molecule has 0 N–H and O–H groups in total. The Morgan fingerprint density at radius 1 is 1.14 bits per heavy atom. The molecule has 3 aromatic heterocycles. The fraction of sp³-hybridized carbons (Fsp3) is 0.269. The summed E-state index contributed by atoms with van der Waals surface area (Å²) in [5.41, 5.74) is 4.48. The van der Waals surface area contributed by atoms with Crippen molar-refractivity contribution in [1.82, 2.24) is 29.6 Å². The van der Waals surface area contributed by atoms with E-state index in [2.05, 4.69) is 20.2 Å². The third kappa shape index (κ3) is 3.57. The van der Waals surface area contributed by atoms with Crippen LogP contribution in [0.3, 0.4) is 0 Å². The van der Waals surface area contributed by atoms with Crippen LogP contribution in [-0.2, 0) is 6.54 Å². The van der Waals surface area contributed by atoms with Crippen molar-refractivity contribution in [1.29, 1.82) is 0 Å². The molecular formula is C26H23FN6O3. The number of carbonyl (C=O) groups is 1. The number of benzene rings is 2. The number of rotatable bonds is 5. The SMILES string of the molecule is CCn1cnc2c(-c3ccc(F)c(-c4cc5oc(C(=O)N6CCCC6)nc5cc4OC)c3)cnnc21. The lowest BCUT2D eigenvalue weighted by atomic mass is 9.98. The van der Waals surface area contributed by atoms with Gasteiger partial charge in [-0.1, -0.05) is 6.07 Å². The Labute approximate surface area is 205 Å². The highest BCUT2D eigenvalue weighted by Gasteiger charge is 2.25. The maximum Gasteiger partial charge on any atom is 0.309 e. The van der Waals surface area contributed by atoms with Gasteiger partial charge in [-0.15, -0.1) is 5.10 Å². The lowest BCUT2D eigenvalue weighted by Gasteiger charge is -2.11. The molecule has 1 aliphatic rings. The molecule has 0 radical (unpaired) electrons. The van der Waals surface area contributed by atoms with E-state index in [9.17, 15) is 4.79 Å². The molecule has 1 fully saturated rings. The summed E-state index contributed by atoms with van der Waals surface area (Å²) in [6.45, 7) is 4.09. The van der Waals surface area contributed by atoms with Crippen LogP contribution in [0.25, 0.3) is 44.5 Å². The van der Waals surface area contributed by atoms with E-state index in [-0.39, 0.29) is 11.8 Å². The second-order valence-corrected chi connectivity index (χ2v) is 8.69. The number of hydrogen-bond acceptors (Lipinski definition) is 7. The molecule has 6 rings (SSSR count). The highest BCUT2D eigenvalue weighted by molar-refractivity contribution is 5.95. The molecule has 10 heteroatoms. The van der Waals surface area contributed by atoms with Crippen molar-refractivity contribution in [2.75, 3.05) is 20.2 Å². The van der Waals surface area contributed by atoms with Crippen molar-refractivity contribution in [2.24, 2.45) is 0 Å². The highest BCUT2D eigenvalue weighted by Crippen LogP contribution is 2.38. The largest absolute Gasteiger partial charge is 0.496 e. The number of methoxy groups -OCH3 is 1. The summed E-state index contributed by atoms with van der Waals surface area (Å²) >= 11 is 0. The van der Waals surface area contributed by atoms with Gasteiger partial charge in [-0.2, -0.15) is 5.10 Å². The van der Waals surface area contributed by atoms with Gasteiger partial charge in [0, 0.05) is 42.4 Å². The molecule has 182 valence electrons. The Morgan fingerprint density at radius 2 is 1.97 bits per heavy atom. The van der Waals surface area contributed by atoms with E-state index >= 15 is 4.39 Å². The molecule has 1 saturated heterocycles. The van der Waals surface area contributed by atoms with Gasteiger partial charge in [-0.05, 0) is 43.5 Å². The molecule has 0 saturated carbocycles. The van der Waals surface area contributed by atoms with Crippen LogP contribution >= 0.6 is 0 Å². The van der Waals surface area contributed by atoms with Crippen LogP contribution in [0.4, 0.5) is 4.39 Å². The van der Waals surface area contributed by atoms with Crippen LogP contribution in [0.2, 0.25) is 0 Å². The molecule has 9 nitrogen and oxygen atoms in total. The predicted molar refractivity (Wildman–Crippen MR) is 131 cm³/mol. The molecular weight excluding hydrogens is 463 g/mol. The first kappa shape index (κ1) is 22.1. The van der Waals surface area contributed by atoms with Crippen molar-refractivity contribution in [3.8, 4) is 28.0 Å². The number of aromatic nitrogens is 5. The van der Waals surface area contributed by atoms with Crippen LogP contribution < -0.4 is 4.74 Å². The van der Waals surface area contributed by atoms with Gasteiger partial charge in [-0.25, -0.2) is 14.4 Å². The van der Waals surface area contributed by atoms with Gasteiger partial charge in [-0.3, -0.25) is 4.79 Å². The van der Waals surface area contributed by atoms with Crippen LogP contribution in [0, 0.1) is 5.82 Å². The number of nitrogens with zero attached hydrogens (tertiary/aromatic N) is 6. The van der Waals surface area contributed by atoms with E-state index in [4.69, 9.17) is 9.15 Å². The zero-order chi connectivity index (χ0) is 24.8. The Morgan fingerprint density at radius 3 is 2.75 bits per heavy atom. The van der Waals surface area contributed by atoms with Gasteiger partial charge in [0.2, 0.25) is 0 Å². The summed E-state index contributed by atoms with van der Waals surface area (Å²) < 4.78 is 28.5. The smallest absolute Gasteiger partial charge is 0.309 e. The number of hydrogen-bond donors (Lipinski definition) is 0. The zero-order valence-electron chi connectivity index (χ0n) is 19.9. The Hall–Kier alpha value is -4.34. The zero-order valence-corrected chi connectivity index (χ0v) is 19.9. The molecule has 1 amide bonds. The molecule has 0 aliphatic carbocycles. The molecule has 5 aromatic rings. The maximum absolute atomic E-state index is 15.2. The van der Waals surface area contributed by atoms with Gasteiger partial charge in [0.05, 0.1) is 19.6 Å². The molecule has 0 bridgehead atoms. The standard InChI is InChI=1S/C26H23FN6O3/c1-3-32-14-28-23-18(13-29-31-24(23)32)15-6-7-19(27)16(10-15)17-11-22-20(12-21(17)35-2)30-25(36-22)26(34)33-8-4-5-9-33/h6-7,10-14H,3-5,8-9H2,1-2H3. The number of halogens is 1. The number of imidazole rings is 1. The number of carbonyl (C=O) groups excluding carboxylic acids is 1. The predicted octanol–water partition coefficient (Wildman–Crippen LogP) is 4.71. The average molecular weight is 487 g/mol. The van der Waals surface area contributed by atoms with Gasteiger partial charge in [0.1, 0.15) is 22.6 Å². The Kier molecular flexibility index (Phi) is 5.36. The molecule has 1 aliphatic heterocycles. The van der Waals surface area contributed by atoms with Gasteiger partial charge in [0.15, 0.2) is 11.2 Å². The average Bonchev–Trinajstić information content (AvgIpc) is 3.67. The Balaban J connectivity index is 1.46. The number of likely N-dealkylation sites (tertiary alicyclic amines) is 1. The minimum atomic E-state index is -0.429. The van der Waals surface area contributed by atoms with E-state index in [0.717, 1.165) is 24.0 Å². The third-order valence-electron chi connectivity index (χ3n) is 6.60. The van der Waals surface area contributed by atoms with Crippen LogP contribution in [0.1, 0.15) is 30.5 Å². The van der Waals surface area contributed by atoms with Crippen molar-refractivity contribution < 1.29 is 18.3 Å². The summed E-state index contributed by atoms with van der Waals surface area (Å²) in [7, 11) is 1.51. The van der Waals surface area contributed by atoms with Crippen molar-refractivity contribution in [3.63, 3.8) is 0 Å². The van der Waals surface area contributed by atoms with Crippen molar-refractivity contribution in [2.45, 2.75) is 26.3 Å². The van der Waals surface area contributed by atoms with Gasteiger partial charge >= 0.3 is 5.91 Å². The molecule has 2 aromatic carbocycles. The lowest BCUT2D eigenvalue weighted by molar-refractivity contribution is 0.0756. The summed E-state index contributed by atoms with van der Waals surface area (Å²) in [6.07, 6.45) is 5.28. The van der Waals surface area contributed by atoms with E-state index in [0.29, 0.717) is 58.8 Å². The summed E-state index contributed by atoms with van der Waals surface area (Å²) in [5, 5.41) is 8.34. The van der Waals surface area contributed by atoms with E-state index in [1.807, 2.05) is 11.5 Å². The maximum atomic E-state index is 15.2. The number of amides is 1. The molecule has 0 unspecified atom stereocenters. The summed E-state index contributed by atoms with van der Waals surface area (Å²) in [5.74, 6) is -0.225. The summed E-state index contributed by atoms with van der Waals surface area (Å²) in [4.78, 5) is 23.4. The van der Waals surface area contributed by atoms with Gasteiger partial charge < -0.3 is 18.6 Å². The third-order valence-corrected chi connectivity index (χ3v) is 6.60. The van der Waals surface area contributed by atoms with Crippen molar-refractivity contribution >= 4 is 28.2 Å². The van der Waals surface area contributed by atoms with E-state index in [1.165, 1.54) is 13.2 Å². The monoisotopic (exact) mass is 486 g/mol. The normalized spacial score (nSPS) is 13.7. The molecule has 0 atom stereocenters. The minimum Gasteiger partial charge on any atom is -0.496 e. The highest BCUT2D eigenvalue weighted by atomic mass is 19.1. The molecule has 36 heavy (non-hydrogen) atoms. The number of aryl methyl sites for hydroxylation is 1. The second kappa shape index (κ2) is 8.71. The number of ether oxygens (including phenoxy) is 1. The quantitative estimate of drug-likeness (QED) is 0.355. The minimum absolute atomic E-state index is 0.0251. The van der Waals surface area contributed by atoms with Crippen LogP contribution in [0.5, 0.6) is 5.75 Å². The lowest BCUT2D eigenvalue weighted by Crippen LogP contribution is -2.27. The number of fused-ring (bicyclic) bond motifs is 2. The van der Waals surface area contributed by atoms with E-state index < -0.39 is 5.82 Å². The first-order chi connectivity index (χ1) is 17.6. The first-order valence-corrected chi connectivity index (χ1v) is 11.8. The summed E-state index contributed by atoms with van der Waals surface area (Å²) in [6, 6.07) is 8.15. The van der Waals surface area contributed by atoms with Gasteiger partial charge in [0.25, 0.3) is 5.89 Å². The van der Waals surface area contributed by atoms with Crippen molar-refractivity contribution in [3.05, 3.63) is 54.6 Å². The van der Waals surface area contributed by atoms with Crippen LogP contribution in [0.15, 0.2) is 47.3 Å². The molecule has 4 heterocycles. The molecule has 0 spiro atoms.